The van der Waals surface area contributed by atoms with Crippen molar-refractivity contribution in [2.45, 2.75) is 51.6 Å². The quantitative estimate of drug-likeness (QED) is 0.713. The molecule has 0 aromatic heterocycles. The van der Waals surface area contributed by atoms with E-state index in [-0.39, 0.29) is 11.9 Å². The van der Waals surface area contributed by atoms with E-state index < -0.39 is 6.03 Å². The maximum atomic E-state index is 12.0. The summed E-state index contributed by atoms with van der Waals surface area (Å²) in [7, 11) is 0. The number of nitrogens with one attached hydrogen (secondary N) is 3. The van der Waals surface area contributed by atoms with Crippen LogP contribution in [0.5, 0.6) is 0 Å². The van der Waals surface area contributed by atoms with E-state index in [4.69, 9.17) is 0 Å². The molecule has 0 spiro atoms. The molecule has 2 rings (SSSR count). The zero-order valence-electron chi connectivity index (χ0n) is 13.2. The van der Waals surface area contributed by atoms with Gasteiger partial charge in [0, 0.05) is 12.6 Å². The van der Waals surface area contributed by atoms with Crippen LogP contribution >= 0.6 is 0 Å². The number of piperidine rings is 1. The van der Waals surface area contributed by atoms with Crippen molar-refractivity contribution in [2.75, 3.05) is 26.2 Å². The van der Waals surface area contributed by atoms with E-state index in [0.717, 1.165) is 38.4 Å². The zero-order chi connectivity index (χ0) is 15.2. The average molecular weight is 296 g/mol. The van der Waals surface area contributed by atoms with Gasteiger partial charge in [0.05, 0.1) is 6.04 Å². The van der Waals surface area contributed by atoms with Gasteiger partial charge >= 0.3 is 6.03 Å². The van der Waals surface area contributed by atoms with Gasteiger partial charge in [0.2, 0.25) is 5.91 Å². The minimum Gasteiger partial charge on any atom is -0.338 e. The lowest BCUT2D eigenvalue weighted by Gasteiger charge is -2.37. The van der Waals surface area contributed by atoms with Gasteiger partial charge in [-0.3, -0.25) is 15.0 Å². The predicted octanol–water partition coefficient (Wildman–Crippen LogP) is 0.685. The molecule has 6 nitrogen and oxygen atoms in total. The van der Waals surface area contributed by atoms with Crippen molar-refractivity contribution in [3.63, 3.8) is 0 Å². The number of nitrogens with zero attached hydrogens (tertiary/aromatic N) is 1. The van der Waals surface area contributed by atoms with Crippen LogP contribution in [-0.2, 0) is 4.79 Å². The molecule has 2 saturated heterocycles. The number of rotatable bonds is 4. The Balaban J connectivity index is 1.75. The predicted molar refractivity (Wildman–Crippen MR) is 82.0 cm³/mol. The number of likely N-dealkylation sites (tertiary alicyclic amines) is 1. The summed E-state index contributed by atoms with van der Waals surface area (Å²) in [5.74, 6) is 0.529. The van der Waals surface area contributed by atoms with Crippen LogP contribution in [0.25, 0.3) is 0 Å². The highest BCUT2D eigenvalue weighted by atomic mass is 16.2. The van der Waals surface area contributed by atoms with Crippen LogP contribution in [0, 0.1) is 5.92 Å². The van der Waals surface area contributed by atoms with Crippen LogP contribution < -0.4 is 16.0 Å². The Labute approximate surface area is 127 Å². The SMILES string of the molecule is CCNC(=O)NC(=O)C(C)N1CCC(C2CCCN2)CC1. The van der Waals surface area contributed by atoms with Crippen molar-refractivity contribution in [1.29, 1.82) is 0 Å². The van der Waals surface area contributed by atoms with Crippen molar-refractivity contribution in [1.82, 2.24) is 20.9 Å². The van der Waals surface area contributed by atoms with Gasteiger partial charge in [-0.1, -0.05) is 0 Å². The number of imide groups is 1. The molecule has 120 valence electrons. The molecular formula is C15H28N4O2. The lowest BCUT2D eigenvalue weighted by Crippen LogP contribution is -2.52. The Morgan fingerprint density at radius 1 is 1.29 bits per heavy atom. The van der Waals surface area contributed by atoms with Gasteiger partial charge in [-0.15, -0.1) is 0 Å². The third kappa shape index (κ3) is 4.41. The topological polar surface area (TPSA) is 73.5 Å². The Morgan fingerprint density at radius 3 is 2.57 bits per heavy atom. The monoisotopic (exact) mass is 296 g/mol. The average Bonchev–Trinajstić information content (AvgIpc) is 3.01. The molecule has 3 amide bonds. The molecular weight excluding hydrogens is 268 g/mol. The van der Waals surface area contributed by atoms with Gasteiger partial charge in [-0.2, -0.15) is 0 Å². The second-order valence-electron chi connectivity index (χ2n) is 6.10. The molecule has 0 aromatic carbocycles. The Morgan fingerprint density at radius 2 is 2.00 bits per heavy atom. The third-order valence-corrected chi connectivity index (χ3v) is 4.74. The van der Waals surface area contributed by atoms with E-state index in [1.54, 1.807) is 0 Å². The van der Waals surface area contributed by atoms with Crippen LogP contribution in [0.1, 0.15) is 39.5 Å². The van der Waals surface area contributed by atoms with E-state index in [2.05, 4.69) is 20.9 Å². The lowest BCUT2D eigenvalue weighted by atomic mass is 9.88. The molecule has 0 aliphatic carbocycles. The van der Waals surface area contributed by atoms with E-state index in [1.807, 2.05) is 13.8 Å². The number of hydrogen-bond donors (Lipinski definition) is 3. The number of carbonyl (C=O) groups is 2. The van der Waals surface area contributed by atoms with E-state index >= 15 is 0 Å². The molecule has 6 heteroatoms. The van der Waals surface area contributed by atoms with Crippen molar-refractivity contribution in [2.24, 2.45) is 5.92 Å². The van der Waals surface area contributed by atoms with Gasteiger partial charge in [0.15, 0.2) is 0 Å². The first kappa shape index (κ1) is 16.2. The van der Waals surface area contributed by atoms with Crippen molar-refractivity contribution in [3.05, 3.63) is 0 Å². The Kier molecular flexibility index (Phi) is 5.99. The van der Waals surface area contributed by atoms with Gasteiger partial charge < -0.3 is 10.6 Å². The van der Waals surface area contributed by atoms with Gasteiger partial charge in [0.25, 0.3) is 0 Å². The van der Waals surface area contributed by atoms with E-state index in [9.17, 15) is 9.59 Å². The van der Waals surface area contributed by atoms with Gasteiger partial charge in [-0.05, 0) is 65.1 Å². The number of urea groups is 1. The standard InChI is InChI=1S/C15H28N4O2/c1-3-16-15(21)18-14(20)11(2)19-9-6-12(7-10-19)13-5-4-8-17-13/h11-13,17H,3-10H2,1-2H3,(H2,16,18,20,21). The van der Waals surface area contributed by atoms with Crippen molar-refractivity contribution < 1.29 is 9.59 Å². The molecule has 2 heterocycles. The highest BCUT2D eigenvalue weighted by Gasteiger charge is 2.31. The fourth-order valence-corrected chi connectivity index (χ4v) is 3.41. The summed E-state index contributed by atoms with van der Waals surface area (Å²) < 4.78 is 0. The molecule has 2 atom stereocenters. The van der Waals surface area contributed by atoms with Gasteiger partial charge in [0.1, 0.15) is 0 Å². The maximum Gasteiger partial charge on any atom is 0.321 e. The molecule has 2 aliphatic heterocycles. The molecule has 0 aromatic rings. The minimum absolute atomic E-state index is 0.210. The zero-order valence-corrected chi connectivity index (χ0v) is 13.2. The lowest BCUT2D eigenvalue weighted by molar-refractivity contribution is -0.125. The molecule has 2 unspecified atom stereocenters. The van der Waals surface area contributed by atoms with Crippen LogP contribution in [-0.4, -0.2) is 55.1 Å². The van der Waals surface area contributed by atoms with Crippen LogP contribution in [0.2, 0.25) is 0 Å². The van der Waals surface area contributed by atoms with Crippen LogP contribution in [0.4, 0.5) is 4.79 Å². The van der Waals surface area contributed by atoms with Crippen molar-refractivity contribution in [3.8, 4) is 0 Å². The highest BCUT2D eigenvalue weighted by Crippen LogP contribution is 2.26. The molecule has 0 bridgehead atoms. The molecule has 0 saturated carbocycles. The van der Waals surface area contributed by atoms with E-state index in [1.165, 1.54) is 12.8 Å². The number of amides is 3. The maximum absolute atomic E-state index is 12.0. The molecule has 3 N–H and O–H groups in total. The van der Waals surface area contributed by atoms with Crippen LogP contribution in [0.3, 0.4) is 0 Å². The molecule has 2 fully saturated rings. The first-order chi connectivity index (χ1) is 10.1. The van der Waals surface area contributed by atoms with E-state index in [0.29, 0.717) is 12.6 Å². The van der Waals surface area contributed by atoms with Crippen LogP contribution in [0.15, 0.2) is 0 Å². The fraction of sp³-hybridized carbons (Fsp3) is 0.867. The highest BCUT2D eigenvalue weighted by molar-refractivity contribution is 5.96. The minimum atomic E-state index is -0.403. The number of hydrogen-bond acceptors (Lipinski definition) is 4. The Bertz CT molecular complexity index is 361. The summed E-state index contributed by atoms with van der Waals surface area (Å²) in [4.78, 5) is 25.6. The Hall–Kier alpha value is -1.14. The fourth-order valence-electron chi connectivity index (χ4n) is 3.41. The largest absolute Gasteiger partial charge is 0.338 e. The summed E-state index contributed by atoms with van der Waals surface area (Å²) >= 11 is 0. The molecule has 2 aliphatic rings. The second kappa shape index (κ2) is 7.75. The first-order valence-electron chi connectivity index (χ1n) is 8.18. The third-order valence-electron chi connectivity index (χ3n) is 4.74. The van der Waals surface area contributed by atoms with Gasteiger partial charge in [-0.25, -0.2) is 4.79 Å². The smallest absolute Gasteiger partial charge is 0.321 e. The normalized spacial score (nSPS) is 25.5. The van der Waals surface area contributed by atoms with Crippen molar-refractivity contribution >= 4 is 11.9 Å². The summed E-state index contributed by atoms with van der Waals surface area (Å²) in [5.41, 5.74) is 0. The summed E-state index contributed by atoms with van der Waals surface area (Å²) in [6.07, 6.45) is 4.85. The summed E-state index contributed by atoms with van der Waals surface area (Å²) in [6, 6.07) is 0.0242. The summed E-state index contributed by atoms with van der Waals surface area (Å²) in [5, 5.41) is 8.56. The first-order valence-corrected chi connectivity index (χ1v) is 8.18. The second-order valence-corrected chi connectivity index (χ2v) is 6.10. The molecule has 21 heavy (non-hydrogen) atoms. The summed E-state index contributed by atoms with van der Waals surface area (Å²) in [6.45, 7) is 7.25. The molecule has 0 radical (unpaired) electrons. The number of carbonyl (C=O) groups excluding carboxylic acids is 2.